The topological polar surface area (TPSA) is 46.6 Å². The number of para-hydroxylation sites is 1. The van der Waals surface area contributed by atoms with Gasteiger partial charge >= 0.3 is 5.97 Å². The molecular formula is C13H13NO3. The minimum absolute atomic E-state index is 0.148. The Morgan fingerprint density at radius 2 is 1.88 bits per heavy atom. The molecule has 0 saturated heterocycles. The van der Waals surface area contributed by atoms with Gasteiger partial charge in [0, 0.05) is 19.5 Å². The molecule has 4 heteroatoms. The minimum Gasteiger partial charge on any atom is -0.431 e. The van der Waals surface area contributed by atoms with E-state index in [1.54, 1.807) is 18.9 Å². The van der Waals surface area contributed by atoms with Crippen molar-refractivity contribution >= 4 is 23.1 Å². The lowest BCUT2D eigenvalue weighted by Gasteiger charge is -2.08. The maximum Gasteiger partial charge on any atom is 0.307 e. The van der Waals surface area contributed by atoms with Gasteiger partial charge < -0.3 is 9.64 Å². The average Bonchev–Trinajstić information content (AvgIpc) is 2.51. The van der Waals surface area contributed by atoms with Crippen molar-refractivity contribution in [2.45, 2.75) is 13.8 Å². The number of carbonyl (C=O) groups is 2. The zero-order chi connectivity index (χ0) is 12.6. The third-order valence-electron chi connectivity index (χ3n) is 2.70. The Balaban J connectivity index is 2.56. The predicted octanol–water partition coefficient (Wildman–Crippen LogP) is 1.96. The van der Waals surface area contributed by atoms with Crippen molar-refractivity contribution in [1.82, 2.24) is 0 Å². The molecule has 1 aromatic rings. The van der Waals surface area contributed by atoms with Crippen molar-refractivity contribution in [2.75, 3.05) is 11.9 Å². The Morgan fingerprint density at radius 1 is 1.24 bits per heavy atom. The largest absolute Gasteiger partial charge is 0.431 e. The van der Waals surface area contributed by atoms with Crippen LogP contribution in [0.3, 0.4) is 0 Å². The highest BCUT2D eigenvalue weighted by Gasteiger charge is 2.31. The van der Waals surface area contributed by atoms with Crippen molar-refractivity contribution in [1.29, 1.82) is 0 Å². The minimum atomic E-state index is -0.421. The van der Waals surface area contributed by atoms with Gasteiger partial charge in [0.25, 0.3) is 5.91 Å². The Bertz CT molecular complexity index is 531. The van der Waals surface area contributed by atoms with E-state index in [4.69, 9.17) is 4.74 Å². The molecule has 0 aromatic heterocycles. The number of rotatable bonds is 1. The summed E-state index contributed by atoms with van der Waals surface area (Å²) in [5.74, 6) is -0.223. The van der Waals surface area contributed by atoms with Gasteiger partial charge in [-0.15, -0.1) is 0 Å². The number of benzene rings is 1. The Kier molecular flexibility index (Phi) is 2.71. The standard InChI is InChI=1S/C13H13NO3/c1-8(17-9(2)15)12-10-6-4-5-7-11(10)14(3)13(12)16/h4-7H,1-3H3/b12-8+. The monoisotopic (exact) mass is 231 g/mol. The second-order valence-corrected chi connectivity index (χ2v) is 3.91. The quantitative estimate of drug-likeness (QED) is 0.421. The van der Waals surface area contributed by atoms with Crippen LogP contribution >= 0.6 is 0 Å². The van der Waals surface area contributed by atoms with Crippen LogP contribution < -0.4 is 4.90 Å². The number of esters is 1. The van der Waals surface area contributed by atoms with Crippen LogP contribution in [0.1, 0.15) is 19.4 Å². The summed E-state index contributed by atoms with van der Waals surface area (Å²) in [7, 11) is 1.70. The summed E-state index contributed by atoms with van der Waals surface area (Å²) in [6.45, 7) is 2.95. The van der Waals surface area contributed by atoms with Crippen LogP contribution in [-0.2, 0) is 14.3 Å². The SMILES string of the molecule is CC(=O)O/C(C)=C1/C(=O)N(C)c2ccccc21. The number of amides is 1. The fraction of sp³-hybridized carbons (Fsp3) is 0.231. The predicted molar refractivity (Wildman–Crippen MR) is 64.2 cm³/mol. The molecule has 4 nitrogen and oxygen atoms in total. The van der Waals surface area contributed by atoms with Crippen molar-refractivity contribution in [3.8, 4) is 0 Å². The van der Waals surface area contributed by atoms with E-state index in [2.05, 4.69) is 0 Å². The highest BCUT2D eigenvalue weighted by molar-refractivity contribution is 6.32. The van der Waals surface area contributed by atoms with E-state index in [0.29, 0.717) is 11.3 Å². The molecule has 0 fully saturated rings. The van der Waals surface area contributed by atoms with Crippen LogP contribution in [0, 0.1) is 0 Å². The molecule has 1 amide bonds. The van der Waals surface area contributed by atoms with E-state index in [9.17, 15) is 9.59 Å². The molecule has 1 heterocycles. The fourth-order valence-corrected chi connectivity index (χ4v) is 1.98. The smallest absolute Gasteiger partial charge is 0.307 e. The maximum absolute atomic E-state index is 12.1. The molecule has 0 spiro atoms. The van der Waals surface area contributed by atoms with Gasteiger partial charge in [-0.05, 0) is 13.0 Å². The number of ether oxygens (including phenoxy) is 1. The Morgan fingerprint density at radius 3 is 2.53 bits per heavy atom. The van der Waals surface area contributed by atoms with Gasteiger partial charge in [-0.1, -0.05) is 18.2 Å². The van der Waals surface area contributed by atoms with Gasteiger partial charge in [0.1, 0.15) is 5.76 Å². The zero-order valence-corrected chi connectivity index (χ0v) is 9.98. The first-order valence-corrected chi connectivity index (χ1v) is 5.29. The van der Waals surface area contributed by atoms with Gasteiger partial charge in [-0.3, -0.25) is 9.59 Å². The number of likely N-dealkylation sites (N-methyl/N-ethyl adjacent to an activating group) is 1. The van der Waals surface area contributed by atoms with Crippen LogP contribution in [0.15, 0.2) is 30.0 Å². The third-order valence-corrected chi connectivity index (χ3v) is 2.70. The third kappa shape index (κ3) is 1.82. The lowest BCUT2D eigenvalue weighted by molar-refractivity contribution is -0.136. The van der Waals surface area contributed by atoms with Gasteiger partial charge in [-0.25, -0.2) is 0 Å². The van der Waals surface area contributed by atoms with Gasteiger partial charge in [-0.2, -0.15) is 0 Å². The average molecular weight is 231 g/mol. The number of allylic oxidation sites excluding steroid dienone is 1. The highest BCUT2D eigenvalue weighted by atomic mass is 16.5. The van der Waals surface area contributed by atoms with E-state index in [1.165, 1.54) is 6.92 Å². The summed E-state index contributed by atoms with van der Waals surface area (Å²) in [5, 5.41) is 0. The van der Waals surface area contributed by atoms with E-state index >= 15 is 0 Å². The number of hydrogen-bond acceptors (Lipinski definition) is 3. The van der Waals surface area contributed by atoms with E-state index in [0.717, 1.165) is 11.3 Å². The summed E-state index contributed by atoms with van der Waals surface area (Å²) >= 11 is 0. The molecule has 0 aliphatic carbocycles. The molecule has 88 valence electrons. The summed E-state index contributed by atoms with van der Waals surface area (Å²) < 4.78 is 5.00. The van der Waals surface area contributed by atoms with Crippen molar-refractivity contribution in [3.63, 3.8) is 0 Å². The molecule has 0 radical (unpaired) electrons. The first-order valence-electron chi connectivity index (χ1n) is 5.29. The molecule has 1 aromatic carbocycles. The summed E-state index contributed by atoms with van der Waals surface area (Å²) in [6.07, 6.45) is 0. The lowest BCUT2D eigenvalue weighted by atomic mass is 10.1. The van der Waals surface area contributed by atoms with Gasteiger partial charge in [0.15, 0.2) is 0 Å². The highest BCUT2D eigenvalue weighted by Crippen LogP contribution is 2.37. The number of anilines is 1. The van der Waals surface area contributed by atoms with Crippen molar-refractivity contribution in [3.05, 3.63) is 35.6 Å². The molecule has 0 saturated carbocycles. The fourth-order valence-electron chi connectivity index (χ4n) is 1.98. The number of fused-ring (bicyclic) bond motifs is 1. The zero-order valence-electron chi connectivity index (χ0n) is 9.98. The summed E-state index contributed by atoms with van der Waals surface area (Å²) in [5.41, 5.74) is 2.09. The molecule has 0 bridgehead atoms. The van der Waals surface area contributed by atoms with Crippen LogP contribution in [0.25, 0.3) is 5.57 Å². The van der Waals surface area contributed by atoms with Crippen LogP contribution in [0.5, 0.6) is 0 Å². The first-order chi connectivity index (χ1) is 8.02. The summed E-state index contributed by atoms with van der Waals surface area (Å²) in [6, 6.07) is 7.43. The molecule has 2 rings (SSSR count). The van der Waals surface area contributed by atoms with Gasteiger partial charge in [0.05, 0.1) is 11.3 Å². The van der Waals surface area contributed by atoms with Crippen LogP contribution in [0.2, 0.25) is 0 Å². The second-order valence-electron chi connectivity index (χ2n) is 3.91. The Hall–Kier alpha value is -2.10. The molecule has 0 atom stereocenters. The molecule has 1 aliphatic heterocycles. The molecule has 0 N–H and O–H groups in total. The normalized spacial score (nSPS) is 16.9. The van der Waals surface area contributed by atoms with E-state index in [1.807, 2.05) is 24.3 Å². The maximum atomic E-state index is 12.1. The summed E-state index contributed by atoms with van der Waals surface area (Å²) in [4.78, 5) is 24.5. The van der Waals surface area contributed by atoms with Crippen LogP contribution in [0.4, 0.5) is 5.69 Å². The van der Waals surface area contributed by atoms with E-state index in [-0.39, 0.29) is 5.91 Å². The molecule has 1 aliphatic rings. The lowest BCUT2D eigenvalue weighted by Crippen LogP contribution is -2.21. The molecule has 0 unspecified atom stereocenters. The Labute approximate surface area is 99.5 Å². The number of hydrogen-bond donors (Lipinski definition) is 0. The van der Waals surface area contributed by atoms with E-state index < -0.39 is 5.97 Å². The second kappa shape index (κ2) is 4.05. The van der Waals surface area contributed by atoms with Crippen molar-refractivity contribution < 1.29 is 14.3 Å². The first kappa shape index (κ1) is 11.4. The van der Waals surface area contributed by atoms with Crippen LogP contribution in [-0.4, -0.2) is 18.9 Å². The number of nitrogens with zero attached hydrogens (tertiary/aromatic N) is 1. The molecule has 17 heavy (non-hydrogen) atoms. The van der Waals surface area contributed by atoms with Crippen molar-refractivity contribution in [2.24, 2.45) is 0 Å². The molecular weight excluding hydrogens is 218 g/mol. The van der Waals surface area contributed by atoms with Gasteiger partial charge in [0.2, 0.25) is 0 Å². The number of carbonyl (C=O) groups excluding carboxylic acids is 2.